The summed E-state index contributed by atoms with van der Waals surface area (Å²) in [7, 11) is 1.30. The van der Waals surface area contributed by atoms with Crippen molar-refractivity contribution >= 4 is 35.0 Å². The normalized spacial score (nSPS) is 27.3. The average Bonchev–Trinajstić information content (AvgIpc) is 3.47. The fourth-order valence-electron chi connectivity index (χ4n) is 5.49. The Balaban J connectivity index is 1.52. The molecule has 3 aromatic rings. The zero-order valence-electron chi connectivity index (χ0n) is 22.9. The van der Waals surface area contributed by atoms with E-state index in [2.05, 4.69) is 15.3 Å². The van der Waals surface area contributed by atoms with Crippen LogP contribution in [-0.2, 0) is 9.47 Å². The molecule has 3 N–H and O–H groups in total. The van der Waals surface area contributed by atoms with E-state index in [1.165, 1.54) is 25.4 Å². The van der Waals surface area contributed by atoms with Crippen molar-refractivity contribution in [3.05, 3.63) is 63.8 Å². The largest absolute Gasteiger partial charge is 0.394 e. The number of aromatic nitrogens is 4. The van der Waals surface area contributed by atoms with Crippen LogP contribution in [0.5, 0.6) is 0 Å². The van der Waals surface area contributed by atoms with Gasteiger partial charge in [-0.2, -0.15) is 0 Å². The lowest BCUT2D eigenvalue weighted by Gasteiger charge is -2.47. The number of thioether (sulfide) groups is 1. The predicted molar refractivity (Wildman–Crippen MR) is 150 cm³/mol. The van der Waals surface area contributed by atoms with Gasteiger partial charge in [-0.05, 0) is 37.1 Å². The zero-order chi connectivity index (χ0) is 32.0. The molecule has 1 aliphatic carbocycles. The molecule has 240 valence electrons. The first-order valence-corrected chi connectivity index (χ1v) is 15.1. The van der Waals surface area contributed by atoms with E-state index in [1.807, 2.05) is 0 Å². The molecule has 1 saturated heterocycles. The summed E-state index contributed by atoms with van der Waals surface area (Å²) in [6.45, 7) is -0.668. The van der Waals surface area contributed by atoms with Crippen molar-refractivity contribution in [1.29, 1.82) is 0 Å². The Kier molecular flexibility index (Phi) is 9.79. The van der Waals surface area contributed by atoms with Gasteiger partial charge in [0.15, 0.2) is 17.5 Å². The fourth-order valence-corrected chi connectivity index (χ4v) is 7.62. The number of methoxy groups -OCH3 is 1. The van der Waals surface area contributed by atoms with Crippen LogP contribution < -0.4 is 0 Å². The van der Waals surface area contributed by atoms with Gasteiger partial charge in [0.1, 0.15) is 40.6 Å². The maximum Gasteiger partial charge on any atom is 0.248 e. The molecule has 2 aromatic heterocycles. The topological polar surface area (TPSA) is 123 Å². The second-order valence-corrected chi connectivity index (χ2v) is 12.7. The lowest BCUT2D eigenvalue weighted by molar-refractivity contribution is -0.186. The second kappa shape index (κ2) is 12.9. The highest BCUT2D eigenvalue weighted by atomic mass is 35.5. The Morgan fingerprint density at radius 2 is 1.80 bits per heavy atom. The number of hydrogen-bond acceptors (Lipinski definition) is 9. The van der Waals surface area contributed by atoms with Crippen LogP contribution in [0.25, 0.3) is 11.3 Å². The molecule has 5 rings (SSSR count). The van der Waals surface area contributed by atoms with Crippen molar-refractivity contribution < 1.29 is 46.7 Å². The summed E-state index contributed by atoms with van der Waals surface area (Å²) in [5, 5.41) is 40.0. The molecular formula is C27H27Cl2F5N4O5S. The van der Waals surface area contributed by atoms with E-state index in [0.717, 1.165) is 28.6 Å². The zero-order valence-corrected chi connectivity index (χ0v) is 25.2. The molecule has 0 bridgehead atoms. The van der Waals surface area contributed by atoms with E-state index in [0.29, 0.717) is 0 Å². The number of halogens is 7. The van der Waals surface area contributed by atoms with E-state index in [4.69, 9.17) is 32.7 Å². The van der Waals surface area contributed by atoms with Crippen molar-refractivity contribution in [2.24, 2.45) is 0 Å². The first-order valence-electron chi connectivity index (χ1n) is 13.4. The Hall–Kier alpha value is -2.11. The van der Waals surface area contributed by atoms with Crippen LogP contribution in [0.15, 0.2) is 30.5 Å². The monoisotopic (exact) mass is 684 g/mol. The number of pyridine rings is 1. The van der Waals surface area contributed by atoms with Crippen molar-refractivity contribution in [3.8, 4) is 11.3 Å². The first-order chi connectivity index (χ1) is 20.8. The summed E-state index contributed by atoms with van der Waals surface area (Å²) in [5.41, 5.74) is -2.93. The first kappa shape index (κ1) is 33.3. The average molecular weight is 685 g/mol. The predicted octanol–water partition coefficient (Wildman–Crippen LogP) is 5.11. The van der Waals surface area contributed by atoms with Gasteiger partial charge in [0.25, 0.3) is 0 Å². The van der Waals surface area contributed by atoms with Crippen LogP contribution in [0.1, 0.15) is 42.7 Å². The Labute approximate surface area is 262 Å². The van der Waals surface area contributed by atoms with Crippen molar-refractivity contribution in [3.63, 3.8) is 0 Å². The summed E-state index contributed by atoms with van der Waals surface area (Å²) in [6, 6.07) is 3.22. The molecule has 1 saturated carbocycles. The van der Waals surface area contributed by atoms with Crippen LogP contribution in [-0.4, -0.2) is 84.3 Å². The van der Waals surface area contributed by atoms with Crippen LogP contribution in [0.3, 0.4) is 0 Å². The third-order valence-electron chi connectivity index (χ3n) is 7.89. The van der Waals surface area contributed by atoms with E-state index in [1.54, 1.807) is 0 Å². The number of benzene rings is 1. The minimum absolute atomic E-state index is 0.0398. The smallest absolute Gasteiger partial charge is 0.248 e. The SMILES string of the molecule is CO[C@@H]1[C@@H](n2cc(-c3cc(F)c(F)c(F)c3)nn2)[C@@H](O)[C@@H](CO)O[C@H]1SC(c1nc(Cl)ccc1Cl)C1(O)CCC(F)(F)CC1. The van der Waals surface area contributed by atoms with Crippen LogP contribution in [0.2, 0.25) is 10.2 Å². The Morgan fingerprint density at radius 3 is 2.41 bits per heavy atom. The van der Waals surface area contributed by atoms with Gasteiger partial charge in [0.05, 0.1) is 34.4 Å². The third kappa shape index (κ3) is 6.56. The highest BCUT2D eigenvalue weighted by Gasteiger charge is 2.53. The number of alkyl halides is 2. The van der Waals surface area contributed by atoms with Crippen molar-refractivity contribution in [1.82, 2.24) is 20.0 Å². The summed E-state index contributed by atoms with van der Waals surface area (Å²) >= 11 is 13.6. The van der Waals surface area contributed by atoms with E-state index < -0.39 is 83.5 Å². The molecule has 2 fully saturated rings. The summed E-state index contributed by atoms with van der Waals surface area (Å²) in [4.78, 5) is 4.29. The van der Waals surface area contributed by atoms with Crippen molar-refractivity contribution in [2.45, 2.75) is 72.2 Å². The molecule has 3 heterocycles. The standard InChI is InChI=1S/C27H27Cl2F5N4O5S/c1-42-23-21(38-10-16(36-37-38)12-8-14(30)19(32)15(31)9-12)22(40)17(11-39)43-25(23)44-24(20-13(28)2-3-18(29)35-20)26(41)4-6-27(33,34)7-5-26/h2-3,8-10,17,21-25,39-41H,4-7,11H2,1H3/t17-,21+,22+,23-,24?,25+/m1/s1. The van der Waals surface area contributed by atoms with Gasteiger partial charge in [-0.1, -0.05) is 28.4 Å². The molecular weight excluding hydrogens is 658 g/mol. The quantitative estimate of drug-likeness (QED) is 0.169. The van der Waals surface area contributed by atoms with Gasteiger partial charge in [-0.15, -0.1) is 16.9 Å². The summed E-state index contributed by atoms with van der Waals surface area (Å²) < 4.78 is 82.5. The van der Waals surface area contributed by atoms with E-state index in [-0.39, 0.29) is 40.0 Å². The van der Waals surface area contributed by atoms with Gasteiger partial charge in [-0.3, -0.25) is 0 Å². The van der Waals surface area contributed by atoms with Gasteiger partial charge in [0.2, 0.25) is 5.92 Å². The molecule has 44 heavy (non-hydrogen) atoms. The molecule has 2 aliphatic rings. The maximum atomic E-state index is 14.1. The minimum atomic E-state index is -2.97. The van der Waals surface area contributed by atoms with Gasteiger partial charge in [-0.25, -0.2) is 31.6 Å². The summed E-state index contributed by atoms with van der Waals surface area (Å²) in [5.74, 6) is -7.50. The maximum absolute atomic E-state index is 14.1. The number of ether oxygens (including phenoxy) is 2. The van der Waals surface area contributed by atoms with Gasteiger partial charge >= 0.3 is 0 Å². The number of aliphatic hydroxyl groups excluding tert-OH is 2. The molecule has 1 aromatic carbocycles. The van der Waals surface area contributed by atoms with E-state index in [9.17, 15) is 37.3 Å². The molecule has 17 heteroatoms. The molecule has 0 amide bonds. The molecule has 0 radical (unpaired) electrons. The van der Waals surface area contributed by atoms with Crippen LogP contribution in [0, 0.1) is 17.5 Å². The highest BCUT2D eigenvalue weighted by Crippen LogP contribution is 2.53. The number of hydrogen-bond donors (Lipinski definition) is 3. The minimum Gasteiger partial charge on any atom is -0.394 e. The van der Waals surface area contributed by atoms with Gasteiger partial charge in [0, 0.05) is 25.5 Å². The number of nitrogens with zero attached hydrogens (tertiary/aromatic N) is 4. The van der Waals surface area contributed by atoms with Crippen LogP contribution >= 0.6 is 35.0 Å². The Bertz CT molecular complexity index is 1470. The van der Waals surface area contributed by atoms with Gasteiger partial charge < -0.3 is 24.8 Å². The Morgan fingerprint density at radius 1 is 1.14 bits per heavy atom. The highest BCUT2D eigenvalue weighted by molar-refractivity contribution is 8.00. The second-order valence-electron chi connectivity index (χ2n) is 10.7. The summed E-state index contributed by atoms with van der Waals surface area (Å²) in [6.07, 6.45) is -4.33. The fraction of sp³-hybridized carbons (Fsp3) is 0.519. The third-order valence-corrected chi connectivity index (χ3v) is 10.00. The molecule has 1 aliphatic heterocycles. The lowest BCUT2D eigenvalue weighted by atomic mass is 9.79. The van der Waals surface area contributed by atoms with Crippen LogP contribution in [0.4, 0.5) is 22.0 Å². The molecule has 9 nitrogen and oxygen atoms in total. The lowest BCUT2D eigenvalue weighted by Crippen LogP contribution is -2.56. The molecule has 0 spiro atoms. The van der Waals surface area contributed by atoms with E-state index >= 15 is 0 Å². The number of aliphatic hydroxyl groups is 3. The molecule has 6 atom stereocenters. The number of rotatable bonds is 8. The van der Waals surface area contributed by atoms with Crippen molar-refractivity contribution in [2.75, 3.05) is 13.7 Å². The molecule has 1 unspecified atom stereocenters.